The Labute approximate surface area is 776 Å². The number of aliphatic imine (C=N–C) groups is 4. The van der Waals surface area contributed by atoms with E-state index in [2.05, 4.69) is 22.4 Å². The summed E-state index contributed by atoms with van der Waals surface area (Å²) in [4.78, 5) is 110. The lowest BCUT2D eigenvalue weighted by molar-refractivity contribution is -0.137. The summed E-state index contributed by atoms with van der Waals surface area (Å²) >= 11 is 9.53. The number of alkyl halides is 2. The van der Waals surface area contributed by atoms with Crippen molar-refractivity contribution in [3.05, 3.63) is 284 Å². The van der Waals surface area contributed by atoms with Gasteiger partial charge in [-0.25, -0.2) is 4.98 Å². The van der Waals surface area contributed by atoms with Crippen molar-refractivity contribution in [2.24, 2.45) is 20.0 Å². The number of aryl methyl sites for hydroxylation is 2. The zero-order valence-corrected chi connectivity index (χ0v) is 75.6. The number of nitrogens with zero attached hydrogens (tertiary/aromatic N) is 9. The van der Waals surface area contributed by atoms with Crippen LogP contribution in [0.2, 0.25) is 0 Å². The van der Waals surface area contributed by atoms with E-state index in [9.17, 15) is 28.8 Å². The van der Waals surface area contributed by atoms with E-state index in [1.165, 1.54) is 7.11 Å². The monoisotopic (exact) mass is 1830 g/mol. The van der Waals surface area contributed by atoms with E-state index in [4.69, 9.17) is 86.2 Å². The van der Waals surface area contributed by atoms with Crippen LogP contribution in [0, 0.1) is 13.8 Å². The minimum atomic E-state index is -0.841. The van der Waals surface area contributed by atoms with Crippen molar-refractivity contribution in [3.8, 4) is 46.0 Å². The Morgan fingerprint density at radius 1 is 0.420 bits per heavy atom. The molecule has 8 aliphatic heterocycles. The highest BCUT2D eigenvalue weighted by molar-refractivity contribution is 8.76. The number of nitrogens with one attached hydrogen (secondary N) is 1. The third kappa shape index (κ3) is 20.3. The van der Waals surface area contributed by atoms with Gasteiger partial charge >= 0.3 is 5.97 Å². The maximum atomic E-state index is 14.0. The van der Waals surface area contributed by atoms with Crippen LogP contribution in [0.5, 0.6) is 46.0 Å². The molecule has 0 aliphatic carbocycles. The number of benzene rings is 10. The molecule has 0 radical (unpaired) electrons. The second-order valence-electron chi connectivity index (χ2n) is 32.4. The number of carbonyl (C=O) groups excluding carboxylic acids is 5. The van der Waals surface area contributed by atoms with Gasteiger partial charge < -0.3 is 48.3 Å². The van der Waals surface area contributed by atoms with Gasteiger partial charge in [0.15, 0.2) is 23.0 Å². The first-order chi connectivity index (χ1) is 63.9. The number of amides is 5. The number of aliphatic carboxylic acids is 1. The molecule has 668 valence electrons. The number of para-hydroxylation sites is 4. The van der Waals surface area contributed by atoms with Crippen molar-refractivity contribution in [2.45, 2.75) is 134 Å². The number of fused-ring (bicyclic) bond motifs is 16. The van der Waals surface area contributed by atoms with Gasteiger partial charge in [0.1, 0.15) is 54.5 Å². The summed E-state index contributed by atoms with van der Waals surface area (Å²) in [5.74, 6) is 3.59. The van der Waals surface area contributed by atoms with Gasteiger partial charge in [0.25, 0.3) is 23.6 Å². The number of pyridine rings is 1. The zero-order chi connectivity index (χ0) is 90.6. The van der Waals surface area contributed by atoms with Gasteiger partial charge in [-0.2, -0.15) is 0 Å². The van der Waals surface area contributed by atoms with Crippen LogP contribution in [0.3, 0.4) is 0 Å². The predicted molar refractivity (Wildman–Crippen MR) is 513 cm³/mol. The molecule has 0 saturated heterocycles. The number of hydrogen-bond acceptors (Lipinski definition) is 21. The molecule has 131 heavy (non-hydrogen) atoms. The van der Waals surface area contributed by atoms with Gasteiger partial charge in [-0.1, -0.05) is 89.7 Å². The van der Waals surface area contributed by atoms with E-state index in [1.807, 2.05) is 217 Å². The Balaban J connectivity index is 0.000000180. The Hall–Kier alpha value is -13.5. The molecule has 19 rings (SSSR count). The Morgan fingerprint density at radius 3 is 1.12 bits per heavy atom. The van der Waals surface area contributed by atoms with E-state index >= 15 is 0 Å². The van der Waals surface area contributed by atoms with Crippen LogP contribution in [0.4, 0.5) is 45.5 Å². The summed E-state index contributed by atoms with van der Waals surface area (Å²) in [7, 11) is 6.34. The van der Waals surface area contributed by atoms with E-state index in [-0.39, 0.29) is 91.9 Å². The van der Waals surface area contributed by atoms with Crippen molar-refractivity contribution in [2.75, 3.05) is 64.7 Å². The smallest absolute Gasteiger partial charge is 0.303 e. The molecule has 9 heterocycles. The summed E-state index contributed by atoms with van der Waals surface area (Å²) in [5, 5.41) is 13.2. The number of hydrogen-bond donors (Lipinski definition) is 2. The summed E-state index contributed by atoms with van der Waals surface area (Å²) in [5.41, 5.74) is 17.0. The minimum absolute atomic E-state index is 0.0137. The Kier molecular flexibility index (Phi) is 28.1. The fourth-order valence-corrected chi connectivity index (χ4v) is 19.1. The van der Waals surface area contributed by atoms with Gasteiger partial charge in [-0.3, -0.25) is 68.3 Å². The Morgan fingerprint density at radius 2 is 0.763 bits per heavy atom. The molecule has 2 N–H and O–H groups in total. The molecular weight excluding hydrogens is 1740 g/mol. The van der Waals surface area contributed by atoms with Crippen molar-refractivity contribution < 1.29 is 71.8 Å². The molecule has 0 fully saturated rings. The van der Waals surface area contributed by atoms with Crippen LogP contribution >= 0.6 is 44.8 Å². The predicted octanol–water partition coefficient (Wildman–Crippen LogP) is 20.0. The largest absolute Gasteiger partial charge is 0.494 e. The molecule has 0 saturated carbocycles. The molecule has 11 aromatic rings. The van der Waals surface area contributed by atoms with E-state index in [0.29, 0.717) is 162 Å². The molecule has 29 heteroatoms. The van der Waals surface area contributed by atoms with Gasteiger partial charge in [0.2, 0.25) is 5.91 Å². The number of carbonyl (C=O) groups is 6. The summed E-state index contributed by atoms with van der Waals surface area (Å²) in [6.45, 7) is 5.83. The third-order valence-electron chi connectivity index (χ3n) is 23.6. The second-order valence-corrected chi connectivity index (χ2v) is 35.6. The fourth-order valence-electron chi connectivity index (χ4n) is 17.3. The Bertz CT molecular complexity index is 6340. The number of carboxylic acids is 1. The molecular formula is C102H94Cl2N10O15S2. The standard InChI is InChI=1S/C54H50N6O7S2.C47H42N4O8.CH2Cl2/c1-34-21-42-44(57-30-39-25-37-11-3-5-13-46(37)59(39)53(42)62)28-48(34)66-32-35-22-36(24-41(23-35)65-19-10-8-15-51(61)55-18-20-68-69-52-16-7-9-17-56-52)33-67-50-29-45-43(27-49(50)64-2)54(63)60-40(31-58-45)26-38-12-4-6-14-47(38)60;1-28-15-36-38(48-24-33-19-31-9-3-5-11-40(31)50(33)46(36)54)22-42(28)58-26-29-16-30(18-35(17-29)57-14-8-7-13-45(52)53)27-59-44-23-39-37(21-43(44)56-2)47(55)51-34(25-49-39)20-32-10-4-6-12-41(32)51;2-1-3/h3-7,9,11-14,16-17,21-24,27-31,39-40H,8,10,15,18-20,25-26,32-33H2,1-2H3,(H,55,61);3-6,9-12,15-18,21-25,33-34H,7-8,13-14,19-20,26-27H2,1-2H3,(H,52,53);1H2/t39-,40-;33-,34-;/m00./s1. The maximum absolute atomic E-state index is 14.0. The molecule has 5 amide bonds. The van der Waals surface area contributed by atoms with Crippen molar-refractivity contribution in [1.82, 2.24) is 10.3 Å². The number of rotatable bonds is 31. The molecule has 0 spiro atoms. The third-order valence-corrected chi connectivity index (χ3v) is 25.8. The van der Waals surface area contributed by atoms with Gasteiger partial charge in [-0.05, 0) is 203 Å². The van der Waals surface area contributed by atoms with Crippen LogP contribution in [0.25, 0.3) is 0 Å². The quantitative estimate of drug-likeness (QED) is 0.0232. The lowest BCUT2D eigenvalue weighted by Crippen LogP contribution is -2.37. The highest BCUT2D eigenvalue weighted by Gasteiger charge is 2.41. The van der Waals surface area contributed by atoms with Crippen LogP contribution in [-0.4, -0.2) is 140 Å². The van der Waals surface area contributed by atoms with Crippen LogP contribution < -0.4 is 62.8 Å². The first-order valence-electron chi connectivity index (χ1n) is 43.3. The van der Waals surface area contributed by atoms with E-state index < -0.39 is 5.97 Å². The van der Waals surface area contributed by atoms with E-state index in [0.717, 1.165) is 95.6 Å². The van der Waals surface area contributed by atoms with Crippen LogP contribution in [0.1, 0.15) is 136 Å². The van der Waals surface area contributed by atoms with Gasteiger partial charge in [0.05, 0.1) is 102 Å². The lowest BCUT2D eigenvalue weighted by atomic mass is 10.1. The van der Waals surface area contributed by atoms with E-state index in [1.54, 1.807) is 64.1 Å². The van der Waals surface area contributed by atoms with Gasteiger partial charge in [0, 0.05) is 129 Å². The normalized spacial score (nSPS) is 16.2. The van der Waals surface area contributed by atoms with Crippen LogP contribution in [-0.2, 0) is 61.7 Å². The van der Waals surface area contributed by atoms with Crippen LogP contribution in [0.15, 0.2) is 231 Å². The molecule has 0 bridgehead atoms. The van der Waals surface area contributed by atoms with Gasteiger partial charge in [-0.15, -0.1) is 23.2 Å². The molecule has 8 aliphatic rings. The number of methoxy groups -OCH3 is 2. The molecule has 10 aromatic carbocycles. The summed E-state index contributed by atoms with van der Waals surface area (Å²) in [6.07, 6.45) is 14.8. The number of anilines is 4. The van der Waals surface area contributed by atoms with Crippen molar-refractivity contribution in [1.29, 1.82) is 0 Å². The topological polar surface area (TPSA) is 284 Å². The highest BCUT2D eigenvalue weighted by atomic mass is 35.5. The number of ether oxygens (including phenoxy) is 8. The maximum Gasteiger partial charge on any atom is 0.303 e. The van der Waals surface area contributed by atoms with Crippen molar-refractivity contribution in [3.63, 3.8) is 0 Å². The molecule has 0 unspecified atom stereocenters. The average molecular weight is 1830 g/mol. The first-order valence-corrected chi connectivity index (χ1v) is 46.7. The van der Waals surface area contributed by atoms with Crippen molar-refractivity contribution >= 4 is 151 Å². The SMILES string of the molecule is COc1cc2c(cc1OCc1cc(COc3cc4c(cc3C)C(=O)N3c5ccccc5C[C@H]3C=N4)cc(OCCCCC(=O)NCCSSc3ccccn3)c1)N=C[C@@H]1Cc3ccccc3N1C2=O.COc1cc2c(cc1OCc1cc(COc3cc4c(cc3C)C(=O)N3c5ccccc5C[C@H]3C=N4)cc(OCCCCC(=O)O)c1)N=C[C@@H]1Cc3ccccc3N1C2=O.ClCCl. The minimum Gasteiger partial charge on any atom is -0.494 e. The number of halogens is 2. The number of aromatic nitrogens is 1. The fraction of sp³-hybridized carbons (Fsp3) is 0.265. The lowest BCUT2D eigenvalue weighted by Gasteiger charge is -2.22. The summed E-state index contributed by atoms with van der Waals surface area (Å²) in [6, 6.07) is 62.8. The molecule has 1 aromatic heterocycles. The second kappa shape index (κ2) is 41.1. The average Bonchev–Trinajstić information content (AvgIpc) is 1.63. The highest BCUT2D eigenvalue weighted by Crippen LogP contribution is 2.47. The molecule has 4 atom stereocenters. The zero-order valence-electron chi connectivity index (χ0n) is 72.4. The number of carboxylic acid groups (broad SMARTS) is 1. The summed E-state index contributed by atoms with van der Waals surface area (Å²) < 4.78 is 49.7. The molecule has 25 nitrogen and oxygen atoms in total. The number of unbranched alkanes of at least 4 members (excludes halogenated alkanes) is 2. The first kappa shape index (κ1) is 89.5.